The average Bonchev–Trinajstić information content (AvgIpc) is 3.25. The number of non-ortho nitro benzene ring substituents is 1. The number of amides is 1. The van der Waals surface area contributed by atoms with Crippen LogP contribution in [0.3, 0.4) is 0 Å². The number of para-hydroxylation sites is 1. The van der Waals surface area contributed by atoms with E-state index in [-0.39, 0.29) is 21.8 Å². The number of aryl methyl sites for hydroxylation is 1. The normalized spacial score (nSPS) is 11.1. The minimum atomic E-state index is -4.03. The molecule has 0 unspecified atom stereocenters. The Morgan fingerprint density at radius 2 is 1.87 bits per heavy atom. The van der Waals surface area contributed by atoms with Crippen LogP contribution in [0.5, 0.6) is 0 Å². The molecule has 0 aliphatic heterocycles. The molecule has 30 heavy (non-hydrogen) atoms. The monoisotopic (exact) mass is 429 g/mol. The number of hydrogen-bond acceptors (Lipinski definition) is 6. The summed E-state index contributed by atoms with van der Waals surface area (Å²) < 4.78 is 29.5. The molecule has 3 aromatic rings. The molecule has 1 aromatic heterocycles. The van der Waals surface area contributed by atoms with Crippen LogP contribution in [0.15, 0.2) is 72.1 Å². The van der Waals surface area contributed by atoms with Crippen LogP contribution in [0.1, 0.15) is 16.8 Å². The lowest BCUT2D eigenvalue weighted by Gasteiger charge is -2.13. The van der Waals surface area contributed by atoms with E-state index in [1.54, 1.807) is 24.7 Å². The molecule has 1 heterocycles. The summed E-state index contributed by atoms with van der Waals surface area (Å²) in [4.78, 5) is 26.4. The van der Waals surface area contributed by atoms with Crippen molar-refractivity contribution in [3.8, 4) is 0 Å². The van der Waals surface area contributed by atoms with Crippen molar-refractivity contribution in [2.24, 2.45) is 0 Å². The molecule has 2 N–H and O–H groups in total. The molecule has 11 heteroatoms. The van der Waals surface area contributed by atoms with Gasteiger partial charge in [-0.2, -0.15) is 0 Å². The van der Waals surface area contributed by atoms with E-state index in [9.17, 15) is 23.3 Å². The van der Waals surface area contributed by atoms with E-state index < -0.39 is 20.9 Å². The van der Waals surface area contributed by atoms with Gasteiger partial charge >= 0.3 is 0 Å². The zero-order valence-electron chi connectivity index (χ0n) is 15.8. The highest BCUT2D eigenvalue weighted by atomic mass is 32.2. The molecule has 0 atom stereocenters. The minimum Gasteiger partial charge on any atom is -0.352 e. The van der Waals surface area contributed by atoms with Gasteiger partial charge in [0.15, 0.2) is 0 Å². The van der Waals surface area contributed by atoms with Gasteiger partial charge in [-0.05, 0) is 30.7 Å². The molecule has 0 spiro atoms. The molecule has 2 aromatic carbocycles. The summed E-state index contributed by atoms with van der Waals surface area (Å²) in [5.41, 5.74) is 0.0676. The Labute approximate surface area is 172 Å². The summed E-state index contributed by atoms with van der Waals surface area (Å²) in [6, 6.07) is 10.7. The van der Waals surface area contributed by atoms with Crippen molar-refractivity contribution in [2.45, 2.75) is 17.9 Å². The van der Waals surface area contributed by atoms with Gasteiger partial charge in [0.05, 0.1) is 27.4 Å². The van der Waals surface area contributed by atoms with Gasteiger partial charge in [0.25, 0.3) is 21.6 Å². The molecule has 3 rings (SSSR count). The van der Waals surface area contributed by atoms with Gasteiger partial charge in [0, 0.05) is 37.6 Å². The van der Waals surface area contributed by atoms with Gasteiger partial charge in [-0.1, -0.05) is 12.1 Å². The fraction of sp³-hybridized carbons (Fsp3) is 0.158. The third-order valence-corrected chi connectivity index (χ3v) is 5.59. The highest BCUT2D eigenvalue weighted by Gasteiger charge is 2.19. The molecule has 156 valence electrons. The van der Waals surface area contributed by atoms with Crippen LogP contribution in [0.2, 0.25) is 0 Å². The Balaban J connectivity index is 1.67. The predicted molar refractivity (Wildman–Crippen MR) is 110 cm³/mol. The van der Waals surface area contributed by atoms with Crippen LogP contribution in [0, 0.1) is 10.1 Å². The van der Waals surface area contributed by atoms with E-state index in [0.29, 0.717) is 19.5 Å². The molecule has 10 nitrogen and oxygen atoms in total. The maximum Gasteiger partial charge on any atom is 0.269 e. The minimum absolute atomic E-state index is 0.114. The molecule has 0 saturated carbocycles. The lowest BCUT2D eigenvalue weighted by Crippen LogP contribution is -2.26. The lowest BCUT2D eigenvalue weighted by molar-refractivity contribution is -0.384. The second-order valence-corrected chi connectivity index (χ2v) is 7.99. The number of nitrogens with zero attached hydrogens (tertiary/aromatic N) is 3. The van der Waals surface area contributed by atoms with E-state index >= 15 is 0 Å². The van der Waals surface area contributed by atoms with Gasteiger partial charge in [0.2, 0.25) is 0 Å². The lowest BCUT2D eigenvalue weighted by atomic mass is 10.1. The molecule has 0 aliphatic rings. The number of nitro groups is 1. The summed E-state index contributed by atoms with van der Waals surface area (Å²) in [5, 5.41) is 13.5. The first kappa shape index (κ1) is 21.0. The Bertz CT molecular complexity index is 1130. The number of sulfonamides is 1. The number of benzene rings is 2. The topological polar surface area (TPSA) is 136 Å². The molecule has 0 saturated heterocycles. The number of anilines is 1. The van der Waals surface area contributed by atoms with Crippen LogP contribution in [-0.2, 0) is 16.6 Å². The van der Waals surface area contributed by atoms with Crippen LogP contribution < -0.4 is 10.0 Å². The van der Waals surface area contributed by atoms with E-state index in [4.69, 9.17) is 0 Å². The fourth-order valence-corrected chi connectivity index (χ4v) is 3.78. The van der Waals surface area contributed by atoms with Crippen molar-refractivity contribution in [3.05, 3.63) is 82.9 Å². The third-order valence-electron chi connectivity index (χ3n) is 4.21. The Morgan fingerprint density at radius 3 is 2.53 bits per heavy atom. The zero-order valence-corrected chi connectivity index (χ0v) is 16.6. The van der Waals surface area contributed by atoms with Gasteiger partial charge < -0.3 is 9.88 Å². The van der Waals surface area contributed by atoms with Gasteiger partial charge in [-0.25, -0.2) is 13.4 Å². The number of imidazole rings is 1. The molecular weight excluding hydrogens is 410 g/mol. The first-order valence-electron chi connectivity index (χ1n) is 8.97. The van der Waals surface area contributed by atoms with Crippen LogP contribution in [0.4, 0.5) is 11.4 Å². The van der Waals surface area contributed by atoms with E-state index in [1.165, 1.54) is 12.1 Å². The first-order valence-corrected chi connectivity index (χ1v) is 10.5. The quantitative estimate of drug-likeness (QED) is 0.304. The van der Waals surface area contributed by atoms with Crippen molar-refractivity contribution >= 4 is 27.3 Å². The van der Waals surface area contributed by atoms with E-state index in [1.807, 2.05) is 10.8 Å². The summed E-state index contributed by atoms with van der Waals surface area (Å²) in [7, 11) is -4.03. The van der Waals surface area contributed by atoms with Crippen molar-refractivity contribution in [3.63, 3.8) is 0 Å². The Kier molecular flexibility index (Phi) is 6.42. The van der Waals surface area contributed by atoms with Gasteiger partial charge in [-0.15, -0.1) is 0 Å². The maximum atomic E-state index is 12.6. The highest BCUT2D eigenvalue weighted by Crippen LogP contribution is 2.22. The van der Waals surface area contributed by atoms with E-state index in [0.717, 1.165) is 24.3 Å². The maximum absolute atomic E-state index is 12.6. The fourth-order valence-electron chi connectivity index (χ4n) is 2.70. The predicted octanol–water partition coefficient (Wildman–Crippen LogP) is 2.41. The summed E-state index contributed by atoms with van der Waals surface area (Å²) in [6.07, 6.45) is 5.86. The number of nitrogens with one attached hydrogen (secondary N) is 2. The summed E-state index contributed by atoms with van der Waals surface area (Å²) >= 11 is 0. The first-order chi connectivity index (χ1) is 14.4. The SMILES string of the molecule is O=C(NCCCn1ccnc1)c1ccccc1NS(=O)(=O)c1ccc([N+](=O)[O-])cc1. The number of carbonyl (C=O) groups excluding carboxylic acids is 1. The largest absolute Gasteiger partial charge is 0.352 e. The second-order valence-electron chi connectivity index (χ2n) is 6.31. The van der Waals surface area contributed by atoms with E-state index in [2.05, 4.69) is 15.0 Å². The van der Waals surface area contributed by atoms with Crippen molar-refractivity contribution in [1.29, 1.82) is 0 Å². The van der Waals surface area contributed by atoms with Gasteiger partial charge in [0.1, 0.15) is 0 Å². The molecule has 0 aliphatic carbocycles. The molecular formula is C19H19N5O5S. The number of aromatic nitrogens is 2. The third kappa shape index (κ3) is 5.20. The molecule has 0 radical (unpaired) electrons. The smallest absolute Gasteiger partial charge is 0.269 e. The van der Waals surface area contributed by atoms with Crippen molar-refractivity contribution in [2.75, 3.05) is 11.3 Å². The zero-order chi connectivity index (χ0) is 21.6. The molecule has 0 bridgehead atoms. The Morgan fingerprint density at radius 1 is 1.13 bits per heavy atom. The van der Waals surface area contributed by atoms with Crippen LogP contribution >= 0.6 is 0 Å². The number of rotatable bonds is 9. The van der Waals surface area contributed by atoms with Crippen molar-refractivity contribution < 1.29 is 18.1 Å². The van der Waals surface area contributed by atoms with Crippen LogP contribution in [0.25, 0.3) is 0 Å². The average molecular weight is 429 g/mol. The van der Waals surface area contributed by atoms with Crippen LogP contribution in [-0.4, -0.2) is 35.3 Å². The summed E-state index contributed by atoms with van der Waals surface area (Å²) in [5.74, 6) is -0.414. The molecule has 1 amide bonds. The van der Waals surface area contributed by atoms with Crippen molar-refractivity contribution in [1.82, 2.24) is 14.9 Å². The number of carbonyl (C=O) groups is 1. The van der Waals surface area contributed by atoms with Gasteiger partial charge in [-0.3, -0.25) is 19.6 Å². The molecule has 0 fully saturated rings. The number of hydrogen-bond donors (Lipinski definition) is 2. The second kappa shape index (κ2) is 9.18. The Hall–Kier alpha value is -3.73. The number of nitro benzene ring substituents is 1. The standard InChI is InChI=1S/C19H19N5O5S/c25-19(21-10-3-12-23-13-11-20-14-23)17-4-1-2-5-18(17)22-30(28,29)16-8-6-15(7-9-16)24(26)27/h1-2,4-9,11,13-14,22H,3,10,12H2,(H,21,25). The summed E-state index contributed by atoms with van der Waals surface area (Å²) in [6.45, 7) is 1.09. The highest BCUT2D eigenvalue weighted by molar-refractivity contribution is 7.92.